The van der Waals surface area contributed by atoms with Crippen molar-refractivity contribution >= 4 is 45.6 Å². The quantitative estimate of drug-likeness (QED) is 0.227. The van der Waals surface area contributed by atoms with Crippen molar-refractivity contribution in [2.75, 3.05) is 4.90 Å². The zero-order valence-electron chi connectivity index (χ0n) is 22.7. The number of nitrogens with zero attached hydrogens (tertiary/aromatic N) is 2. The van der Waals surface area contributed by atoms with Gasteiger partial charge in [0.05, 0.1) is 22.9 Å². The Balaban J connectivity index is 1.25. The van der Waals surface area contributed by atoms with Crippen LogP contribution in [0.1, 0.15) is 60.8 Å². The molecule has 6 aliphatic rings. The topological polar surface area (TPSA) is 78.8 Å². The maximum absolute atomic E-state index is 14.4. The Labute approximate surface area is 247 Å². The number of hydrazone groups is 1. The Hall–Kier alpha value is -3.58. The van der Waals surface area contributed by atoms with Crippen LogP contribution in [0.3, 0.4) is 0 Å². The van der Waals surface area contributed by atoms with Crippen molar-refractivity contribution in [1.29, 1.82) is 0 Å². The van der Waals surface area contributed by atoms with Crippen LogP contribution in [0, 0.1) is 29.1 Å². The van der Waals surface area contributed by atoms with Gasteiger partial charge in [-0.2, -0.15) is 5.10 Å². The van der Waals surface area contributed by atoms with Gasteiger partial charge >= 0.3 is 0 Å². The Morgan fingerprint density at radius 3 is 2.24 bits per heavy atom. The monoisotopic (exact) mass is 607 g/mol. The van der Waals surface area contributed by atoms with Crippen molar-refractivity contribution in [3.8, 4) is 0 Å². The zero-order valence-corrected chi connectivity index (χ0v) is 24.3. The molecule has 5 aliphatic carbocycles. The van der Waals surface area contributed by atoms with Crippen LogP contribution >= 0.6 is 15.9 Å². The second-order valence-electron chi connectivity index (χ2n) is 12.6. The fourth-order valence-electron chi connectivity index (χ4n) is 9.01. The maximum atomic E-state index is 14.4. The molecule has 0 unspecified atom stereocenters. The number of amides is 3. The lowest BCUT2D eigenvalue weighted by atomic mass is 9.47. The normalized spacial score (nSPS) is 34.2. The highest BCUT2D eigenvalue weighted by atomic mass is 79.9. The molecule has 7 heteroatoms. The predicted molar refractivity (Wildman–Crippen MR) is 159 cm³/mol. The summed E-state index contributed by atoms with van der Waals surface area (Å²) in [7, 11) is 0. The van der Waals surface area contributed by atoms with Crippen LogP contribution in [0.25, 0.3) is 0 Å². The second kappa shape index (κ2) is 8.71. The van der Waals surface area contributed by atoms with Crippen molar-refractivity contribution in [3.63, 3.8) is 0 Å². The molecule has 6 nitrogen and oxygen atoms in total. The Bertz CT molecular complexity index is 1620. The summed E-state index contributed by atoms with van der Waals surface area (Å²) in [6, 6.07) is 23.5. The molecule has 41 heavy (non-hydrogen) atoms. The standard InChI is InChI=1S/C34H30BrN3O3/c1-33-17-7-6-12-25(33)28(33)30(39)37-36-18-34-23-10-4-2-8-21(23)26(22-9-3-5-11-24(22)34)27-29(34)32(41)38(31(27)40)20-15-13-19(35)14-16-20/h2-5,8-11,13-16,18,25-29H,6-7,12,17H2,1H3,(H,37,39)/b36-18-/t25-,26?,27+,28-,29-,33+,34?/m1/s1. The van der Waals surface area contributed by atoms with Crippen LogP contribution in [0.4, 0.5) is 5.69 Å². The molecule has 1 N–H and O–H groups in total. The Morgan fingerprint density at radius 2 is 1.61 bits per heavy atom. The number of halogens is 1. The SMILES string of the molecule is C[C@]12CCCC[C@@H]1[C@@H]2C(=O)N/N=C\C12c3ccccc3C(c3ccccc31)[C@@H]1C(=O)N(c3ccc(Br)cc3)C(=O)[C@@H]12. The molecule has 0 radical (unpaired) electrons. The average molecular weight is 609 g/mol. The highest BCUT2D eigenvalue weighted by Crippen LogP contribution is 2.66. The summed E-state index contributed by atoms with van der Waals surface area (Å²) in [4.78, 5) is 43.4. The lowest BCUT2D eigenvalue weighted by molar-refractivity contribution is -0.124. The molecule has 1 aliphatic heterocycles. The Kier molecular flexibility index (Phi) is 5.35. The number of fused-ring (bicyclic) bond motifs is 1. The molecule has 2 saturated carbocycles. The van der Waals surface area contributed by atoms with Gasteiger partial charge in [0.25, 0.3) is 0 Å². The second-order valence-corrected chi connectivity index (χ2v) is 13.5. The Morgan fingerprint density at radius 1 is 0.951 bits per heavy atom. The molecule has 1 heterocycles. The molecule has 5 atom stereocenters. The summed E-state index contributed by atoms with van der Waals surface area (Å²) in [6.07, 6.45) is 6.29. The minimum Gasteiger partial charge on any atom is -0.274 e. The largest absolute Gasteiger partial charge is 0.274 e. The van der Waals surface area contributed by atoms with E-state index in [2.05, 4.69) is 57.6 Å². The van der Waals surface area contributed by atoms with Crippen molar-refractivity contribution in [3.05, 3.63) is 99.5 Å². The molecule has 2 bridgehead atoms. The smallest absolute Gasteiger partial charge is 0.244 e. The number of hydrogen-bond donors (Lipinski definition) is 1. The van der Waals surface area contributed by atoms with Crippen LogP contribution in [0.2, 0.25) is 0 Å². The number of carbonyl (C=O) groups is 3. The van der Waals surface area contributed by atoms with Crippen LogP contribution < -0.4 is 10.3 Å². The fraction of sp³-hybridized carbons (Fsp3) is 0.353. The van der Waals surface area contributed by atoms with Gasteiger partial charge in [-0.1, -0.05) is 84.2 Å². The number of hydrogen-bond acceptors (Lipinski definition) is 4. The highest BCUT2D eigenvalue weighted by Gasteiger charge is 2.68. The van der Waals surface area contributed by atoms with Gasteiger partial charge in [-0.05, 0) is 70.7 Å². The van der Waals surface area contributed by atoms with Gasteiger partial charge in [0, 0.05) is 22.5 Å². The first kappa shape index (κ1) is 25.2. The maximum Gasteiger partial charge on any atom is 0.244 e. The summed E-state index contributed by atoms with van der Waals surface area (Å²) in [5.74, 6) is -1.52. The van der Waals surface area contributed by atoms with E-state index in [4.69, 9.17) is 0 Å². The minimum atomic E-state index is -0.989. The first-order valence-corrected chi connectivity index (χ1v) is 15.3. The first-order chi connectivity index (χ1) is 19.9. The van der Waals surface area contributed by atoms with Crippen LogP contribution in [0.15, 0.2) is 82.4 Å². The molecule has 3 aromatic rings. The van der Waals surface area contributed by atoms with Gasteiger partial charge in [0.15, 0.2) is 0 Å². The lowest BCUT2D eigenvalue weighted by Gasteiger charge is -2.52. The van der Waals surface area contributed by atoms with E-state index in [1.807, 2.05) is 36.4 Å². The number of carbonyl (C=O) groups excluding carboxylic acids is 3. The lowest BCUT2D eigenvalue weighted by Crippen LogP contribution is -2.54. The van der Waals surface area contributed by atoms with E-state index >= 15 is 0 Å². The molecule has 1 saturated heterocycles. The van der Waals surface area contributed by atoms with E-state index in [-0.39, 0.29) is 35.0 Å². The van der Waals surface area contributed by atoms with E-state index < -0.39 is 17.3 Å². The first-order valence-electron chi connectivity index (χ1n) is 14.5. The van der Waals surface area contributed by atoms with Crippen LogP contribution in [-0.2, 0) is 19.8 Å². The zero-order chi connectivity index (χ0) is 28.1. The van der Waals surface area contributed by atoms with Crippen molar-refractivity contribution in [2.45, 2.75) is 43.9 Å². The third kappa shape index (κ3) is 3.24. The molecule has 9 rings (SSSR count). The highest BCUT2D eigenvalue weighted by molar-refractivity contribution is 9.10. The molecule has 3 aromatic carbocycles. The number of nitrogens with one attached hydrogen (secondary N) is 1. The predicted octanol–water partition coefficient (Wildman–Crippen LogP) is 5.93. The van der Waals surface area contributed by atoms with E-state index in [9.17, 15) is 14.4 Å². The van der Waals surface area contributed by atoms with Crippen LogP contribution in [-0.4, -0.2) is 23.9 Å². The van der Waals surface area contributed by atoms with Gasteiger partial charge in [0.2, 0.25) is 17.7 Å². The van der Waals surface area contributed by atoms with Gasteiger partial charge in [0.1, 0.15) is 0 Å². The van der Waals surface area contributed by atoms with E-state index in [0.29, 0.717) is 11.6 Å². The summed E-state index contributed by atoms with van der Waals surface area (Å²) >= 11 is 3.46. The molecule has 0 spiro atoms. The molecule has 206 valence electrons. The molecular weight excluding hydrogens is 578 g/mol. The van der Waals surface area contributed by atoms with Crippen molar-refractivity contribution < 1.29 is 14.4 Å². The number of imide groups is 1. The van der Waals surface area contributed by atoms with Gasteiger partial charge < -0.3 is 0 Å². The van der Waals surface area contributed by atoms with Gasteiger partial charge in [-0.15, -0.1) is 0 Å². The third-order valence-electron chi connectivity index (χ3n) is 10.8. The fourth-order valence-corrected chi connectivity index (χ4v) is 9.28. The summed E-state index contributed by atoms with van der Waals surface area (Å²) in [6.45, 7) is 2.22. The van der Waals surface area contributed by atoms with E-state index in [1.54, 1.807) is 18.3 Å². The number of rotatable bonds is 4. The van der Waals surface area contributed by atoms with Crippen molar-refractivity contribution in [2.24, 2.45) is 34.2 Å². The molecule has 3 fully saturated rings. The molecule has 0 aromatic heterocycles. The molecule has 3 amide bonds. The molecular formula is C34H30BrN3O3. The number of benzene rings is 3. The summed E-state index contributed by atoms with van der Waals surface area (Å²) in [5.41, 5.74) is 6.58. The van der Waals surface area contributed by atoms with E-state index in [0.717, 1.165) is 39.6 Å². The van der Waals surface area contributed by atoms with Gasteiger partial charge in [-0.25, -0.2) is 10.3 Å². The number of anilines is 1. The average Bonchev–Trinajstić information content (AvgIpc) is 3.54. The van der Waals surface area contributed by atoms with Crippen molar-refractivity contribution in [1.82, 2.24) is 5.43 Å². The van der Waals surface area contributed by atoms with Crippen LogP contribution in [0.5, 0.6) is 0 Å². The summed E-state index contributed by atoms with van der Waals surface area (Å²) in [5, 5.41) is 4.63. The minimum absolute atomic E-state index is 0.0170. The summed E-state index contributed by atoms with van der Waals surface area (Å²) < 4.78 is 0.876. The van der Waals surface area contributed by atoms with E-state index in [1.165, 1.54) is 17.7 Å². The third-order valence-corrected chi connectivity index (χ3v) is 11.4. The van der Waals surface area contributed by atoms with Gasteiger partial charge in [-0.3, -0.25) is 14.4 Å².